The SMILES string of the molecule is CCSc1cccc(Oc2ccccc2CC)c1C(N)=S. The Bertz CT molecular complexity index is 640. The van der Waals surface area contributed by atoms with Gasteiger partial charge in [0.25, 0.3) is 0 Å². The van der Waals surface area contributed by atoms with Crippen molar-refractivity contribution in [3.63, 3.8) is 0 Å². The van der Waals surface area contributed by atoms with Crippen LogP contribution in [0.1, 0.15) is 25.0 Å². The van der Waals surface area contributed by atoms with E-state index in [1.807, 2.05) is 36.4 Å². The van der Waals surface area contributed by atoms with E-state index in [0.29, 0.717) is 4.99 Å². The van der Waals surface area contributed by atoms with Crippen molar-refractivity contribution in [2.24, 2.45) is 5.73 Å². The van der Waals surface area contributed by atoms with Crippen molar-refractivity contribution in [3.8, 4) is 11.5 Å². The molecule has 4 heteroatoms. The lowest BCUT2D eigenvalue weighted by molar-refractivity contribution is 0.474. The second-order valence-corrected chi connectivity index (χ2v) is 6.24. The van der Waals surface area contributed by atoms with Crippen LogP contribution in [-0.2, 0) is 6.42 Å². The minimum absolute atomic E-state index is 0.371. The van der Waals surface area contributed by atoms with Gasteiger partial charge in [-0.15, -0.1) is 11.8 Å². The molecule has 0 heterocycles. The van der Waals surface area contributed by atoms with Crippen molar-refractivity contribution in [2.75, 3.05) is 5.75 Å². The molecule has 110 valence electrons. The van der Waals surface area contributed by atoms with Gasteiger partial charge in [0.05, 0.1) is 5.56 Å². The largest absolute Gasteiger partial charge is 0.456 e. The summed E-state index contributed by atoms with van der Waals surface area (Å²) in [4.78, 5) is 1.44. The first-order valence-electron chi connectivity index (χ1n) is 6.98. The number of rotatable bonds is 6. The number of thiocarbonyl (C=S) groups is 1. The highest BCUT2D eigenvalue weighted by atomic mass is 32.2. The van der Waals surface area contributed by atoms with Crippen molar-refractivity contribution >= 4 is 29.0 Å². The van der Waals surface area contributed by atoms with E-state index in [2.05, 4.69) is 19.9 Å². The molecule has 0 amide bonds. The average molecular weight is 317 g/mol. The van der Waals surface area contributed by atoms with Crippen LogP contribution >= 0.6 is 24.0 Å². The van der Waals surface area contributed by atoms with Gasteiger partial charge in [-0.2, -0.15) is 0 Å². The molecule has 0 unspecified atom stereocenters. The molecule has 0 aliphatic rings. The number of aryl methyl sites for hydroxylation is 1. The molecule has 0 bridgehead atoms. The molecule has 0 aliphatic heterocycles. The Balaban J connectivity index is 2.44. The normalized spacial score (nSPS) is 10.4. The zero-order chi connectivity index (χ0) is 15.2. The van der Waals surface area contributed by atoms with Gasteiger partial charge in [0.2, 0.25) is 0 Å². The minimum atomic E-state index is 0.371. The maximum Gasteiger partial charge on any atom is 0.138 e. The van der Waals surface area contributed by atoms with Gasteiger partial charge >= 0.3 is 0 Å². The third-order valence-electron chi connectivity index (χ3n) is 3.11. The van der Waals surface area contributed by atoms with E-state index in [4.69, 9.17) is 22.7 Å². The predicted octanol–water partition coefficient (Wildman–Crippen LogP) is 4.79. The Morgan fingerprint density at radius 1 is 1.10 bits per heavy atom. The van der Waals surface area contributed by atoms with Gasteiger partial charge in [-0.1, -0.05) is 50.3 Å². The minimum Gasteiger partial charge on any atom is -0.456 e. The zero-order valence-corrected chi connectivity index (χ0v) is 13.9. The maximum absolute atomic E-state index is 6.10. The van der Waals surface area contributed by atoms with Crippen LogP contribution < -0.4 is 10.5 Å². The van der Waals surface area contributed by atoms with Crippen LogP contribution in [0.2, 0.25) is 0 Å². The molecule has 2 nitrogen and oxygen atoms in total. The lowest BCUT2D eigenvalue weighted by Crippen LogP contribution is -2.12. The van der Waals surface area contributed by atoms with E-state index in [9.17, 15) is 0 Å². The summed E-state index contributed by atoms with van der Waals surface area (Å²) < 4.78 is 6.10. The number of hydrogen-bond acceptors (Lipinski definition) is 3. The van der Waals surface area contributed by atoms with Gasteiger partial charge < -0.3 is 10.5 Å². The molecule has 0 atom stereocenters. The molecule has 2 N–H and O–H groups in total. The van der Waals surface area contributed by atoms with E-state index in [1.165, 1.54) is 5.56 Å². The van der Waals surface area contributed by atoms with Crippen molar-refractivity contribution < 1.29 is 4.74 Å². The summed E-state index contributed by atoms with van der Waals surface area (Å²) in [6.07, 6.45) is 0.919. The van der Waals surface area contributed by atoms with Crippen LogP contribution in [-0.4, -0.2) is 10.7 Å². The number of para-hydroxylation sites is 1. The summed E-state index contributed by atoms with van der Waals surface area (Å²) in [7, 11) is 0. The zero-order valence-electron chi connectivity index (χ0n) is 12.3. The third-order valence-corrected chi connectivity index (χ3v) is 4.25. The summed E-state index contributed by atoms with van der Waals surface area (Å²) in [5, 5.41) is 0. The van der Waals surface area contributed by atoms with Gasteiger partial charge in [0, 0.05) is 4.90 Å². The third kappa shape index (κ3) is 3.77. The highest BCUT2D eigenvalue weighted by Crippen LogP contribution is 2.34. The molecular weight excluding hydrogens is 298 g/mol. The highest BCUT2D eigenvalue weighted by Gasteiger charge is 2.14. The second-order valence-electron chi connectivity index (χ2n) is 4.49. The van der Waals surface area contributed by atoms with Crippen LogP contribution in [0.3, 0.4) is 0 Å². The van der Waals surface area contributed by atoms with E-state index < -0.39 is 0 Å². The number of benzene rings is 2. The second kappa shape index (κ2) is 7.48. The molecule has 0 fully saturated rings. The Hall–Kier alpha value is -1.52. The van der Waals surface area contributed by atoms with Crippen LogP contribution in [0.25, 0.3) is 0 Å². The fourth-order valence-electron chi connectivity index (χ4n) is 2.13. The summed E-state index contributed by atoms with van der Waals surface area (Å²) in [6.45, 7) is 4.22. The summed E-state index contributed by atoms with van der Waals surface area (Å²) >= 11 is 6.93. The molecule has 21 heavy (non-hydrogen) atoms. The molecule has 0 radical (unpaired) electrons. The topological polar surface area (TPSA) is 35.2 Å². The first kappa shape index (κ1) is 15.9. The predicted molar refractivity (Wildman–Crippen MR) is 94.6 cm³/mol. The molecule has 0 saturated carbocycles. The van der Waals surface area contributed by atoms with E-state index in [1.54, 1.807) is 11.8 Å². The Morgan fingerprint density at radius 3 is 2.48 bits per heavy atom. The van der Waals surface area contributed by atoms with Gasteiger partial charge in [0.1, 0.15) is 16.5 Å². The van der Waals surface area contributed by atoms with Crippen molar-refractivity contribution in [3.05, 3.63) is 53.6 Å². The van der Waals surface area contributed by atoms with Crippen molar-refractivity contribution in [1.29, 1.82) is 0 Å². The van der Waals surface area contributed by atoms with Crippen LogP contribution in [0, 0.1) is 0 Å². The molecule has 0 aliphatic carbocycles. The number of nitrogens with two attached hydrogens (primary N) is 1. The average Bonchev–Trinajstić information content (AvgIpc) is 2.48. The quantitative estimate of drug-likeness (QED) is 0.614. The fraction of sp³-hybridized carbons (Fsp3) is 0.235. The summed E-state index contributed by atoms with van der Waals surface area (Å²) in [6, 6.07) is 14.0. The first-order valence-corrected chi connectivity index (χ1v) is 8.38. The molecular formula is C17H19NOS2. The lowest BCUT2D eigenvalue weighted by atomic mass is 10.1. The number of hydrogen-bond donors (Lipinski definition) is 1. The van der Waals surface area contributed by atoms with Gasteiger partial charge in [-0.05, 0) is 35.9 Å². The Labute approximate surface area is 135 Å². The Kier molecular flexibility index (Phi) is 5.65. The number of thioether (sulfide) groups is 1. The first-order chi connectivity index (χ1) is 10.2. The van der Waals surface area contributed by atoms with Crippen LogP contribution in [0.4, 0.5) is 0 Å². The molecule has 2 aromatic rings. The molecule has 0 aromatic heterocycles. The fourth-order valence-corrected chi connectivity index (χ4v) is 3.24. The van der Waals surface area contributed by atoms with Gasteiger partial charge in [-0.3, -0.25) is 0 Å². The van der Waals surface area contributed by atoms with E-state index >= 15 is 0 Å². The molecule has 2 rings (SSSR count). The van der Waals surface area contributed by atoms with E-state index in [0.717, 1.165) is 34.1 Å². The smallest absolute Gasteiger partial charge is 0.138 e. The van der Waals surface area contributed by atoms with Crippen LogP contribution in [0.15, 0.2) is 47.4 Å². The molecule has 0 saturated heterocycles. The molecule has 2 aromatic carbocycles. The lowest BCUT2D eigenvalue weighted by Gasteiger charge is -2.15. The number of ether oxygens (including phenoxy) is 1. The Morgan fingerprint density at radius 2 is 1.81 bits per heavy atom. The van der Waals surface area contributed by atoms with Crippen LogP contribution in [0.5, 0.6) is 11.5 Å². The standard InChI is InChI=1S/C17H19NOS2/c1-3-12-8-5-6-9-13(12)19-14-10-7-11-15(21-4-2)16(14)17(18)20/h5-11H,3-4H2,1-2H3,(H2,18,20). The summed E-state index contributed by atoms with van der Waals surface area (Å²) in [5.41, 5.74) is 7.90. The van der Waals surface area contributed by atoms with Gasteiger partial charge in [-0.25, -0.2) is 0 Å². The highest BCUT2D eigenvalue weighted by molar-refractivity contribution is 7.99. The van der Waals surface area contributed by atoms with Crippen molar-refractivity contribution in [2.45, 2.75) is 25.2 Å². The van der Waals surface area contributed by atoms with Gasteiger partial charge in [0.15, 0.2) is 0 Å². The summed E-state index contributed by atoms with van der Waals surface area (Å²) in [5.74, 6) is 2.54. The monoisotopic (exact) mass is 317 g/mol. The maximum atomic E-state index is 6.10. The molecule has 0 spiro atoms. The van der Waals surface area contributed by atoms with E-state index in [-0.39, 0.29) is 0 Å². The van der Waals surface area contributed by atoms with Crippen molar-refractivity contribution in [1.82, 2.24) is 0 Å².